The second-order valence-electron chi connectivity index (χ2n) is 7.78. The number of rotatable bonds is 5. The number of anilines is 1. The summed E-state index contributed by atoms with van der Waals surface area (Å²) in [6.45, 7) is 5.97. The molecule has 7 nitrogen and oxygen atoms in total. The standard InChI is InChI=1S/C23H24BrN3O4/c1-13-19(26-23(29)31-12-15-7-5-4-6-8-15)17-11-18(24)25-22(30-3)21(17)27(14(2)28)20(13)16-9-10-16/h4-8,11,16,19-20H,1,9-10,12H2,2-3H3,(H,26,29)/t19?,20-/m1/s1. The maximum absolute atomic E-state index is 12.7. The van der Waals surface area contributed by atoms with Crippen LogP contribution in [0, 0.1) is 5.92 Å². The Morgan fingerprint density at radius 1 is 1.29 bits per heavy atom. The second kappa shape index (κ2) is 8.70. The van der Waals surface area contributed by atoms with Crippen molar-refractivity contribution in [1.29, 1.82) is 0 Å². The molecule has 0 radical (unpaired) electrons. The number of aromatic nitrogens is 1. The zero-order chi connectivity index (χ0) is 22.1. The molecule has 1 saturated carbocycles. The van der Waals surface area contributed by atoms with Gasteiger partial charge in [0.1, 0.15) is 16.9 Å². The van der Waals surface area contributed by atoms with E-state index in [-0.39, 0.29) is 18.6 Å². The third-order valence-electron chi connectivity index (χ3n) is 5.62. The Morgan fingerprint density at radius 3 is 2.61 bits per heavy atom. The molecule has 1 aromatic heterocycles. The molecule has 2 aromatic rings. The Bertz CT molecular complexity index is 1020. The predicted octanol–water partition coefficient (Wildman–Crippen LogP) is 4.52. The smallest absolute Gasteiger partial charge is 0.408 e. The number of hydrogen-bond acceptors (Lipinski definition) is 5. The van der Waals surface area contributed by atoms with Gasteiger partial charge in [0, 0.05) is 12.5 Å². The minimum atomic E-state index is -0.557. The highest BCUT2D eigenvalue weighted by Gasteiger charge is 2.47. The normalized spacial score (nSPS) is 20.1. The fraction of sp³-hybridized carbons (Fsp3) is 0.348. The summed E-state index contributed by atoms with van der Waals surface area (Å²) in [5.41, 5.74) is 2.90. The summed E-state index contributed by atoms with van der Waals surface area (Å²) in [7, 11) is 1.51. The van der Waals surface area contributed by atoms with E-state index in [9.17, 15) is 9.59 Å². The molecular formula is C23H24BrN3O4. The van der Waals surface area contributed by atoms with Crippen LogP contribution in [0.3, 0.4) is 0 Å². The van der Waals surface area contributed by atoms with Crippen LogP contribution in [0.4, 0.5) is 10.5 Å². The minimum Gasteiger partial charge on any atom is -0.479 e. The number of halogens is 1. The number of carbonyl (C=O) groups excluding carboxylic acids is 2. The molecule has 4 rings (SSSR count). The van der Waals surface area contributed by atoms with Crippen LogP contribution in [-0.2, 0) is 16.1 Å². The summed E-state index contributed by atoms with van der Waals surface area (Å²) >= 11 is 3.40. The summed E-state index contributed by atoms with van der Waals surface area (Å²) in [6, 6.07) is 10.5. The van der Waals surface area contributed by atoms with E-state index in [2.05, 4.69) is 32.8 Å². The van der Waals surface area contributed by atoms with Gasteiger partial charge in [-0.15, -0.1) is 0 Å². The van der Waals surface area contributed by atoms with Gasteiger partial charge in [-0.3, -0.25) is 9.69 Å². The van der Waals surface area contributed by atoms with Gasteiger partial charge < -0.3 is 14.8 Å². The minimum absolute atomic E-state index is 0.119. The summed E-state index contributed by atoms with van der Waals surface area (Å²) in [6.07, 6.45) is 1.44. The molecule has 0 saturated heterocycles. The zero-order valence-corrected chi connectivity index (χ0v) is 19.0. The quantitative estimate of drug-likeness (QED) is 0.497. The second-order valence-corrected chi connectivity index (χ2v) is 8.59. The van der Waals surface area contributed by atoms with Gasteiger partial charge in [-0.2, -0.15) is 0 Å². The Morgan fingerprint density at radius 2 is 2.00 bits per heavy atom. The van der Waals surface area contributed by atoms with Gasteiger partial charge in [-0.05, 0) is 51.9 Å². The Labute approximate surface area is 189 Å². The van der Waals surface area contributed by atoms with Crippen molar-refractivity contribution in [2.45, 2.75) is 38.5 Å². The average molecular weight is 486 g/mol. The summed E-state index contributed by atoms with van der Waals surface area (Å²) in [5.74, 6) is 0.497. The van der Waals surface area contributed by atoms with E-state index >= 15 is 0 Å². The van der Waals surface area contributed by atoms with Crippen LogP contribution in [0.1, 0.15) is 36.9 Å². The largest absolute Gasteiger partial charge is 0.479 e. The van der Waals surface area contributed by atoms with Crippen LogP contribution in [0.15, 0.2) is 53.2 Å². The van der Waals surface area contributed by atoms with Crippen LogP contribution in [-0.4, -0.2) is 30.1 Å². The third kappa shape index (κ3) is 4.30. The number of fused-ring (bicyclic) bond motifs is 1. The number of pyridine rings is 1. The summed E-state index contributed by atoms with van der Waals surface area (Å²) in [5, 5.41) is 2.94. The van der Waals surface area contributed by atoms with Gasteiger partial charge in [0.05, 0.1) is 19.2 Å². The monoisotopic (exact) mass is 485 g/mol. The highest BCUT2D eigenvalue weighted by atomic mass is 79.9. The van der Waals surface area contributed by atoms with Crippen LogP contribution in [0.2, 0.25) is 0 Å². The molecule has 1 aliphatic heterocycles. The van der Waals surface area contributed by atoms with E-state index in [0.29, 0.717) is 27.7 Å². The molecule has 1 aliphatic carbocycles. The van der Waals surface area contributed by atoms with Crippen molar-refractivity contribution in [3.63, 3.8) is 0 Å². The lowest BCUT2D eigenvalue weighted by atomic mass is 9.85. The van der Waals surface area contributed by atoms with Gasteiger partial charge in [-0.25, -0.2) is 9.78 Å². The van der Waals surface area contributed by atoms with Crippen molar-refractivity contribution in [3.05, 3.63) is 64.3 Å². The summed E-state index contributed by atoms with van der Waals surface area (Å²) in [4.78, 5) is 31.4. The highest BCUT2D eigenvalue weighted by molar-refractivity contribution is 9.10. The number of amides is 2. The molecule has 2 amide bonds. The maximum atomic E-state index is 12.7. The van der Waals surface area contributed by atoms with Gasteiger partial charge in [0.15, 0.2) is 0 Å². The molecule has 0 bridgehead atoms. The summed E-state index contributed by atoms with van der Waals surface area (Å²) < 4.78 is 11.5. The van der Waals surface area contributed by atoms with Gasteiger partial charge in [-0.1, -0.05) is 36.9 Å². The molecule has 1 unspecified atom stereocenters. The van der Waals surface area contributed by atoms with E-state index in [0.717, 1.165) is 24.0 Å². The topological polar surface area (TPSA) is 80.8 Å². The first-order chi connectivity index (χ1) is 14.9. The fourth-order valence-electron chi connectivity index (χ4n) is 4.11. The highest BCUT2D eigenvalue weighted by Crippen LogP contribution is 2.51. The number of nitrogens with zero attached hydrogens (tertiary/aromatic N) is 2. The lowest BCUT2D eigenvalue weighted by molar-refractivity contribution is -0.117. The Balaban J connectivity index is 1.67. The van der Waals surface area contributed by atoms with Crippen LogP contribution >= 0.6 is 15.9 Å². The lowest BCUT2D eigenvalue weighted by Crippen LogP contribution is -2.49. The first-order valence-corrected chi connectivity index (χ1v) is 10.9. The van der Waals surface area contributed by atoms with E-state index in [1.165, 1.54) is 14.0 Å². The number of methoxy groups -OCH3 is 1. The molecular weight excluding hydrogens is 462 g/mol. The first kappa shape index (κ1) is 21.4. The molecule has 2 heterocycles. The Kier molecular flexibility index (Phi) is 6.00. The van der Waals surface area contributed by atoms with E-state index < -0.39 is 12.1 Å². The molecule has 2 atom stereocenters. The van der Waals surface area contributed by atoms with Crippen molar-refractivity contribution in [2.24, 2.45) is 5.92 Å². The molecule has 0 spiro atoms. The van der Waals surface area contributed by atoms with Crippen molar-refractivity contribution >= 4 is 33.6 Å². The van der Waals surface area contributed by atoms with Crippen LogP contribution in [0.25, 0.3) is 0 Å². The van der Waals surface area contributed by atoms with E-state index in [1.807, 2.05) is 30.3 Å². The molecule has 1 aromatic carbocycles. The van der Waals surface area contributed by atoms with Crippen molar-refractivity contribution in [1.82, 2.24) is 10.3 Å². The van der Waals surface area contributed by atoms with Crippen molar-refractivity contribution in [2.75, 3.05) is 12.0 Å². The number of benzene rings is 1. The first-order valence-electron chi connectivity index (χ1n) is 10.1. The molecule has 1 fully saturated rings. The van der Waals surface area contributed by atoms with Crippen LogP contribution in [0.5, 0.6) is 5.88 Å². The maximum Gasteiger partial charge on any atom is 0.408 e. The Hall–Kier alpha value is -2.87. The number of alkyl carbamates (subject to hydrolysis) is 1. The average Bonchev–Trinajstić information content (AvgIpc) is 3.59. The van der Waals surface area contributed by atoms with Gasteiger partial charge in [0.2, 0.25) is 11.8 Å². The van der Waals surface area contributed by atoms with E-state index in [1.54, 1.807) is 11.0 Å². The molecule has 2 aliphatic rings. The number of carbonyl (C=O) groups is 2. The zero-order valence-electron chi connectivity index (χ0n) is 17.4. The molecule has 162 valence electrons. The van der Waals surface area contributed by atoms with E-state index in [4.69, 9.17) is 9.47 Å². The number of nitrogens with one attached hydrogen (secondary N) is 1. The number of ether oxygens (including phenoxy) is 2. The van der Waals surface area contributed by atoms with Crippen molar-refractivity contribution < 1.29 is 19.1 Å². The third-order valence-corrected chi connectivity index (χ3v) is 6.02. The SMILES string of the molecule is C=C1C(NC(=O)OCc2ccccc2)c2cc(Br)nc(OC)c2N(C(C)=O)[C@H]1C1CC1. The predicted molar refractivity (Wildman–Crippen MR) is 120 cm³/mol. The lowest BCUT2D eigenvalue weighted by Gasteiger charge is -2.42. The fourth-order valence-corrected chi connectivity index (χ4v) is 4.52. The number of hydrogen-bond donors (Lipinski definition) is 1. The molecule has 8 heteroatoms. The van der Waals surface area contributed by atoms with Crippen LogP contribution < -0.4 is 15.0 Å². The molecule has 1 N–H and O–H groups in total. The molecule has 31 heavy (non-hydrogen) atoms. The van der Waals surface area contributed by atoms with Crippen molar-refractivity contribution in [3.8, 4) is 5.88 Å². The van der Waals surface area contributed by atoms with Gasteiger partial charge in [0.25, 0.3) is 0 Å². The van der Waals surface area contributed by atoms with Gasteiger partial charge >= 0.3 is 6.09 Å².